The van der Waals surface area contributed by atoms with Crippen LogP contribution in [0.4, 0.5) is 8.78 Å². The van der Waals surface area contributed by atoms with E-state index in [4.69, 9.17) is 9.47 Å². The minimum absolute atomic E-state index is 0.421. The molecule has 0 bridgehead atoms. The fourth-order valence-electron chi connectivity index (χ4n) is 1.76. The predicted molar refractivity (Wildman–Crippen MR) is 78.2 cm³/mol. The number of hydrogen-bond donors (Lipinski definition) is 0. The van der Waals surface area contributed by atoms with E-state index in [1.165, 1.54) is 0 Å². The summed E-state index contributed by atoms with van der Waals surface area (Å²) < 4.78 is 37.6. The lowest BCUT2D eigenvalue weighted by molar-refractivity contribution is -0.0728. The average molecular weight is 292 g/mol. The van der Waals surface area contributed by atoms with Gasteiger partial charge in [-0.1, -0.05) is 37.3 Å². The Morgan fingerprint density at radius 2 is 1.33 bits per heavy atom. The molecule has 2 aromatic rings. The van der Waals surface area contributed by atoms with Crippen molar-refractivity contribution >= 4 is 0 Å². The first-order chi connectivity index (χ1) is 10.1. The van der Waals surface area contributed by atoms with E-state index in [9.17, 15) is 8.78 Å². The van der Waals surface area contributed by atoms with Crippen molar-refractivity contribution in [1.82, 2.24) is 0 Å². The first kappa shape index (κ1) is 15.3. The lowest BCUT2D eigenvalue weighted by Gasteiger charge is -2.18. The Balaban J connectivity index is 1.82. The second kappa shape index (κ2) is 7.07. The number of alkyl halides is 2. The first-order valence-electron chi connectivity index (χ1n) is 6.86. The van der Waals surface area contributed by atoms with Crippen molar-refractivity contribution in [1.29, 1.82) is 0 Å². The Hall–Kier alpha value is -2.10. The monoisotopic (exact) mass is 292 g/mol. The fraction of sp³-hybridized carbons (Fsp3) is 0.294. The van der Waals surface area contributed by atoms with Crippen molar-refractivity contribution in [3.8, 4) is 11.5 Å². The summed E-state index contributed by atoms with van der Waals surface area (Å²) in [5.74, 6) is -2.18. The van der Waals surface area contributed by atoms with Crippen molar-refractivity contribution < 1.29 is 18.3 Å². The van der Waals surface area contributed by atoms with Crippen LogP contribution in [0, 0.1) is 0 Å². The zero-order valence-corrected chi connectivity index (χ0v) is 11.9. The first-order valence-corrected chi connectivity index (χ1v) is 6.86. The Morgan fingerprint density at radius 3 is 1.86 bits per heavy atom. The van der Waals surface area contributed by atoms with Gasteiger partial charge in [0.05, 0.1) is 0 Å². The lowest BCUT2D eigenvalue weighted by Crippen LogP contribution is -2.32. The zero-order chi connectivity index (χ0) is 15.1. The molecule has 0 saturated heterocycles. The largest absolute Gasteiger partial charge is 0.487 e. The highest BCUT2D eigenvalue weighted by molar-refractivity contribution is 5.27. The van der Waals surface area contributed by atoms with Crippen molar-refractivity contribution in [3.05, 3.63) is 60.2 Å². The van der Waals surface area contributed by atoms with Gasteiger partial charge in [-0.05, 0) is 36.2 Å². The maximum atomic E-state index is 13.7. The van der Waals surface area contributed by atoms with Crippen LogP contribution < -0.4 is 9.47 Å². The third-order valence-corrected chi connectivity index (χ3v) is 2.97. The molecular weight excluding hydrogens is 274 g/mol. The van der Waals surface area contributed by atoms with E-state index in [1.54, 1.807) is 42.5 Å². The van der Waals surface area contributed by atoms with Gasteiger partial charge in [0.2, 0.25) is 0 Å². The molecule has 2 rings (SSSR count). The minimum Gasteiger partial charge on any atom is -0.487 e. The summed E-state index contributed by atoms with van der Waals surface area (Å²) in [5.41, 5.74) is 1.14. The summed E-state index contributed by atoms with van der Waals surface area (Å²) in [6, 6.07) is 15.7. The number of rotatable bonds is 7. The highest BCUT2D eigenvalue weighted by Crippen LogP contribution is 2.20. The second-order valence-electron chi connectivity index (χ2n) is 4.74. The number of para-hydroxylation sites is 1. The number of hydrogen-bond acceptors (Lipinski definition) is 2. The van der Waals surface area contributed by atoms with E-state index >= 15 is 0 Å². The number of aryl methyl sites for hydroxylation is 1. The van der Waals surface area contributed by atoms with Crippen LogP contribution in [0.3, 0.4) is 0 Å². The summed E-state index contributed by atoms with van der Waals surface area (Å²) in [5, 5.41) is 0. The number of ether oxygens (including phenoxy) is 2. The molecule has 0 aliphatic carbocycles. The van der Waals surface area contributed by atoms with Gasteiger partial charge >= 0.3 is 5.92 Å². The molecule has 0 heterocycles. The predicted octanol–water partition coefficient (Wildman–Crippen LogP) is 4.34. The van der Waals surface area contributed by atoms with Crippen molar-refractivity contribution in [2.75, 3.05) is 13.2 Å². The molecule has 4 heteroatoms. The topological polar surface area (TPSA) is 18.5 Å². The molecule has 0 atom stereocenters. The molecular formula is C17H18F2O2. The smallest absolute Gasteiger partial charge is 0.314 e. The maximum Gasteiger partial charge on any atom is 0.314 e. The van der Waals surface area contributed by atoms with Crippen molar-refractivity contribution in [2.24, 2.45) is 0 Å². The number of halogens is 2. The normalized spacial score (nSPS) is 11.2. The summed E-state index contributed by atoms with van der Waals surface area (Å²) in [7, 11) is 0. The van der Waals surface area contributed by atoms with Gasteiger partial charge < -0.3 is 9.47 Å². The minimum atomic E-state index is -3.04. The molecule has 0 aliphatic heterocycles. The molecule has 0 aliphatic rings. The van der Waals surface area contributed by atoms with E-state index in [2.05, 4.69) is 0 Å². The van der Waals surface area contributed by atoms with Gasteiger partial charge in [-0.15, -0.1) is 0 Å². The van der Waals surface area contributed by atoms with Crippen LogP contribution in [-0.4, -0.2) is 19.1 Å². The summed E-state index contributed by atoms with van der Waals surface area (Å²) >= 11 is 0. The van der Waals surface area contributed by atoms with Crippen LogP contribution in [0.25, 0.3) is 0 Å². The highest BCUT2D eigenvalue weighted by Gasteiger charge is 2.31. The molecule has 0 spiro atoms. The standard InChI is InChI=1S/C17H18F2O2/c1-2-14-8-10-16(11-9-14)21-13-17(18,19)12-20-15-6-4-3-5-7-15/h3-11H,2,12-13H2,1H3. The summed E-state index contributed by atoms with van der Waals surface area (Å²) in [6.07, 6.45) is 0.904. The quantitative estimate of drug-likeness (QED) is 0.755. The molecule has 0 unspecified atom stereocenters. The van der Waals surface area contributed by atoms with Crippen molar-refractivity contribution in [2.45, 2.75) is 19.3 Å². The third kappa shape index (κ3) is 5.06. The van der Waals surface area contributed by atoms with Crippen LogP contribution in [-0.2, 0) is 6.42 Å². The van der Waals surface area contributed by atoms with E-state index in [-0.39, 0.29) is 0 Å². The average Bonchev–Trinajstić information content (AvgIpc) is 2.53. The Kier molecular flexibility index (Phi) is 5.14. The van der Waals surface area contributed by atoms with Gasteiger partial charge in [0.25, 0.3) is 0 Å². The van der Waals surface area contributed by atoms with Crippen LogP contribution in [0.5, 0.6) is 11.5 Å². The van der Waals surface area contributed by atoms with E-state index in [1.807, 2.05) is 19.1 Å². The molecule has 112 valence electrons. The van der Waals surface area contributed by atoms with Gasteiger partial charge in [-0.3, -0.25) is 0 Å². The second-order valence-corrected chi connectivity index (χ2v) is 4.74. The molecule has 0 fully saturated rings. The molecule has 21 heavy (non-hydrogen) atoms. The Bertz CT molecular complexity index is 538. The summed E-state index contributed by atoms with van der Waals surface area (Å²) in [6.45, 7) is 0.625. The van der Waals surface area contributed by atoms with Gasteiger partial charge in [-0.2, -0.15) is 8.78 Å². The number of benzene rings is 2. The van der Waals surface area contributed by atoms with E-state index in [0.29, 0.717) is 11.5 Å². The summed E-state index contributed by atoms with van der Waals surface area (Å²) in [4.78, 5) is 0. The molecule has 0 aromatic heterocycles. The van der Waals surface area contributed by atoms with E-state index in [0.717, 1.165) is 12.0 Å². The zero-order valence-electron chi connectivity index (χ0n) is 11.9. The molecule has 0 saturated carbocycles. The Morgan fingerprint density at radius 1 is 0.810 bits per heavy atom. The lowest BCUT2D eigenvalue weighted by atomic mass is 10.2. The van der Waals surface area contributed by atoms with Gasteiger partial charge in [-0.25, -0.2) is 0 Å². The fourth-order valence-corrected chi connectivity index (χ4v) is 1.76. The van der Waals surface area contributed by atoms with Crippen LogP contribution in [0.1, 0.15) is 12.5 Å². The molecule has 2 nitrogen and oxygen atoms in total. The molecule has 0 amide bonds. The molecule has 0 N–H and O–H groups in total. The van der Waals surface area contributed by atoms with Gasteiger partial charge in [0, 0.05) is 0 Å². The van der Waals surface area contributed by atoms with E-state index < -0.39 is 19.1 Å². The molecule has 0 radical (unpaired) electrons. The maximum absolute atomic E-state index is 13.7. The third-order valence-electron chi connectivity index (χ3n) is 2.97. The SMILES string of the molecule is CCc1ccc(OCC(F)(F)COc2ccccc2)cc1. The van der Waals surface area contributed by atoms with Crippen LogP contribution in [0.15, 0.2) is 54.6 Å². The van der Waals surface area contributed by atoms with Gasteiger partial charge in [0.15, 0.2) is 13.2 Å². The molecule has 2 aromatic carbocycles. The highest BCUT2D eigenvalue weighted by atomic mass is 19.3. The van der Waals surface area contributed by atoms with Crippen molar-refractivity contribution in [3.63, 3.8) is 0 Å². The van der Waals surface area contributed by atoms with Crippen LogP contribution >= 0.6 is 0 Å². The van der Waals surface area contributed by atoms with Crippen LogP contribution in [0.2, 0.25) is 0 Å². The van der Waals surface area contributed by atoms with Gasteiger partial charge in [0.1, 0.15) is 11.5 Å². The Labute approximate surface area is 123 Å².